The van der Waals surface area contributed by atoms with Crippen molar-refractivity contribution in [3.63, 3.8) is 0 Å². The number of rotatable bonds is 4. The van der Waals surface area contributed by atoms with Crippen LogP contribution in [-0.2, 0) is 4.79 Å². The van der Waals surface area contributed by atoms with E-state index in [4.69, 9.17) is 10.00 Å². The Bertz CT molecular complexity index is 418. The van der Waals surface area contributed by atoms with Crippen molar-refractivity contribution in [2.45, 2.75) is 32.9 Å². The molecule has 0 saturated carbocycles. The van der Waals surface area contributed by atoms with Crippen LogP contribution >= 0.6 is 0 Å². The highest BCUT2D eigenvalue weighted by atomic mass is 16.5. The number of amides is 1. The molecule has 0 aliphatic rings. The molecule has 1 atom stereocenters. The second-order valence-corrected chi connectivity index (χ2v) is 4.06. The number of hydrogen-bond acceptors (Lipinski definition) is 3. The number of nitriles is 1. The Hall–Kier alpha value is -2.02. The van der Waals surface area contributed by atoms with Gasteiger partial charge in [-0.25, -0.2) is 0 Å². The van der Waals surface area contributed by atoms with Gasteiger partial charge in [0.05, 0.1) is 11.6 Å². The van der Waals surface area contributed by atoms with Crippen LogP contribution in [0.2, 0.25) is 0 Å². The summed E-state index contributed by atoms with van der Waals surface area (Å²) in [5.74, 6) is 0.430. The van der Waals surface area contributed by atoms with Crippen molar-refractivity contribution < 1.29 is 9.53 Å². The van der Waals surface area contributed by atoms with Crippen LogP contribution in [0.15, 0.2) is 24.3 Å². The maximum atomic E-state index is 11.6. The second-order valence-electron chi connectivity index (χ2n) is 4.06. The average Bonchev–Trinajstić information content (AvgIpc) is 2.29. The number of ether oxygens (including phenoxy) is 1. The van der Waals surface area contributed by atoms with E-state index in [-0.39, 0.29) is 11.9 Å². The maximum Gasteiger partial charge on any atom is 0.260 e. The van der Waals surface area contributed by atoms with Crippen molar-refractivity contribution in [2.24, 2.45) is 0 Å². The molecule has 0 aliphatic carbocycles. The molecular formula is C13H16N2O2. The van der Waals surface area contributed by atoms with Crippen LogP contribution in [0.1, 0.15) is 26.3 Å². The van der Waals surface area contributed by atoms with Crippen LogP contribution in [0.5, 0.6) is 5.75 Å². The lowest BCUT2D eigenvalue weighted by atomic mass is 10.2. The minimum atomic E-state index is -0.551. The van der Waals surface area contributed by atoms with Crippen LogP contribution in [0, 0.1) is 11.3 Å². The molecule has 0 fully saturated rings. The zero-order valence-corrected chi connectivity index (χ0v) is 10.2. The molecule has 0 heterocycles. The topological polar surface area (TPSA) is 62.1 Å². The van der Waals surface area contributed by atoms with Crippen molar-refractivity contribution in [1.29, 1.82) is 5.26 Å². The highest BCUT2D eigenvalue weighted by Gasteiger charge is 2.14. The van der Waals surface area contributed by atoms with Gasteiger partial charge in [0.2, 0.25) is 0 Å². The summed E-state index contributed by atoms with van der Waals surface area (Å²) in [5, 5.41) is 11.4. The first kappa shape index (κ1) is 13.0. The summed E-state index contributed by atoms with van der Waals surface area (Å²) in [7, 11) is 0. The SMILES string of the molecule is CC(C)NC(=O)[C@@H](C)Oc1ccc(C#N)cc1. The smallest absolute Gasteiger partial charge is 0.260 e. The molecule has 1 aromatic carbocycles. The highest BCUT2D eigenvalue weighted by molar-refractivity contribution is 5.80. The molecule has 4 nitrogen and oxygen atoms in total. The molecule has 1 amide bonds. The third kappa shape index (κ3) is 4.15. The number of nitrogens with one attached hydrogen (secondary N) is 1. The Balaban J connectivity index is 2.58. The van der Waals surface area contributed by atoms with E-state index in [0.717, 1.165) is 0 Å². The number of hydrogen-bond donors (Lipinski definition) is 1. The number of nitrogens with zero attached hydrogens (tertiary/aromatic N) is 1. The molecule has 90 valence electrons. The lowest BCUT2D eigenvalue weighted by Gasteiger charge is -2.16. The van der Waals surface area contributed by atoms with Crippen molar-refractivity contribution in [3.8, 4) is 11.8 Å². The number of carbonyl (C=O) groups is 1. The van der Waals surface area contributed by atoms with Gasteiger partial charge in [-0.15, -0.1) is 0 Å². The Morgan fingerprint density at radius 3 is 2.35 bits per heavy atom. The summed E-state index contributed by atoms with van der Waals surface area (Å²) in [6.45, 7) is 5.48. The molecule has 17 heavy (non-hydrogen) atoms. The third-order valence-electron chi connectivity index (χ3n) is 2.10. The molecule has 1 rings (SSSR count). The molecule has 0 bridgehead atoms. The van der Waals surface area contributed by atoms with Gasteiger partial charge in [0.25, 0.3) is 5.91 Å². The van der Waals surface area contributed by atoms with Crippen LogP contribution < -0.4 is 10.1 Å². The monoisotopic (exact) mass is 232 g/mol. The van der Waals surface area contributed by atoms with Crippen molar-refractivity contribution in [1.82, 2.24) is 5.32 Å². The minimum Gasteiger partial charge on any atom is -0.481 e. The van der Waals surface area contributed by atoms with E-state index < -0.39 is 6.10 Å². The quantitative estimate of drug-likeness (QED) is 0.861. The Kier molecular flexibility index (Phi) is 4.53. The number of carbonyl (C=O) groups excluding carboxylic acids is 1. The molecule has 1 aromatic rings. The van der Waals surface area contributed by atoms with E-state index in [1.165, 1.54) is 0 Å². The summed E-state index contributed by atoms with van der Waals surface area (Å²) >= 11 is 0. The Labute approximate surface area is 101 Å². The van der Waals surface area contributed by atoms with Gasteiger partial charge in [-0.1, -0.05) is 0 Å². The standard InChI is InChI=1S/C13H16N2O2/c1-9(2)15-13(16)10(3)17-12-6-4-11(8-14)5-7-12/h4-7,9-10H,1-3H3,(H,15,16)/t10-/m1/s1. The first-order valence-electron chi connectivity index (χ1n) is 5.50. The summed E-state index contributed by atoms with van der Waals surface area (Å²) in [5.41, 5.74) is 0.566. The van der Waals surface area contributed by atoms with Gasteiger partial charge in [0, 0.05) is 6.04 Å². The molecular weight excluding hydrogens is 216 g/mol. The first-order valence-corrected chi connectivity index (χ1v) is 5.50. The predicted octanol–water partition coefficient (Wildman–Crippen LogP) is 1.85. The maximum absolute atomic E-state index is 11.6. The van der Waals surface area contributed by atoms with Gasteiger partial charge in [-0.3, -0.25) is 4.79 Å². The van der Waals surface area contributed by atoms with Crippen LogP contribution in [0.3, 0.4) is 0 Å². The molecule has 4 heteroatoms. The van der Waals surface area contributed by atoms with Crippen LogP contribution in [-0.4, -0.2) is 18.1 Å². The lowest BCUT2D eigenvalue weighted by molar-refractivity contribution is -0.127. The van der Waals surface area contributed by atoms with E-state index in [2.05, 4.69) is 5.32 Å². The van der Waals surface area contributed by atoms with E-state index in [0.29, 0.717) is 11.3 Å². The Morgan fingerprint density at radius 2 is 1.88 bits per heavy atom. The van der Waals surface area contributed by atoms with Gasteiger partial charge in [0.1, 0.15) is 5.75 Å². The summed E-state index contributed by atoms with van der Waals surface area (Å²) in [6, 6.07) is 8.78. The number of benzene rings is 1. The van der Waals surface area contributed by atoms with Gasteiger partial charge in [-0.05, 0) is 45.0 Å². The van der Waals surface area contributed by atoms with E-state index in [1.54, 1.807) is 31.2 Å². The fraction of sp³-hybridized carbons (Fsp3) is 0.385. The van der Waals surface area contributed by atoms with Gasteiger partial charge >= 0.3 is 0 Å². The molecule has 0 aromatic heterocycles. The van der Waals surface area contributed by atoms with Crippen molar-refractivity contribution in [3.05, 3.63) is 29.8 Å². The molecule has 0 radical (unpaired) electrons. The average molecular weight is 232 g/mol. The van der Waals surface area contributed by atoms with E-state index >= 15 is 0 Å². The molecule has 0 aliphatic heterocycles. The van der Waals surface area contributed by atoms with E-state index in [9.17, 15) is 4.79 Å². The molecule has 0 saturated heterocycles. The zero-order chi connectivity index (χ0) is 12.8. The van der Waals surface area contributed by atoms with Crippen LogP contribution in [0.25, 0.3) is 0 Å². The fourth-order valence-electron chi connectivity index (χ4n) is 1.27. The molecule has 0 spiro atoms. The fourth-order valence-corrected chi connectivity index (χ4v) is 1.27. The largest absolute Gasteiger partial charge is 0.481 e. The van der Waals surface area contributed by atoms with Gasteiger partial charge in [-0.2, -0.15) is 5.26 Å². The molecule has 1 N–H and O–H groups in total. The lowest BCUT2D eigenvalue weighted by Crippen LogP contribution is -2.39. The zero-order valence-electron chi connectivity index (χ0n) is 10.2. The second kappa shape index (κ2) is 5.90. The van der Waals surface area contributed by atoms with Crippen molar-refractivity contribution >= 4 is 5.91 Å². The summed E-state index contributed by atoms with van der Waals surface area (Å²) < 4.78 is 5.46. The van der Waals surface area contributed by atoms with Crippen molar-refractivity contribution in [2.75, 3.05) is 0 Å². The Morgan fingerprint density at radius 1 is 1.29 bits per heavy atom. The first-order chi connectivity index (χ1) is 8.02. The molecule has 0 unspecified atom stereocenters. The summed E-state index contributed by atoms with van der Waals surface area (Å²) in [6.07, 6.45) is -0.551. The third-order valence-corrected chi connectivity index (χ3v) is 2.10. The normalized spacial score (nSPS) is 11.7. The summed E-state index contributed by atoms with van der Waals surface area (Å²) in [4.78, 5) is 11.6. The van der Waals surface area contributed by atoms with Gasteiger partial charge in [0.15, 0.2) is 6.10 Å². The highest BCUT2D eigenvalue weighted by Crippen LogP contribution is 2.13. The van der Waals surface area contributed by atoms with Crippen LogP contribution in [0.4, 0.5) is 0 Å². The predicted molar refractivity (Wildman–Crippen MR) is 64.5 cm³/mol. The van der Waals surface area contributed by atoms with Gasteiger partial charge < -0.3 is 10.1 Å². The minimum absolute atomic E-state index is 0.0921. The van der Waals surface area contributed by atoms with E-state index in [1.807, 2.05) is 19.9 Å².